The van der Waals surface area contributed by atoms with Crippen molar-refractivity contribution in [3.05, 3.63) is 34.3 Å². The Morgan fingerprint density at radius 3 is 2.90 bits per heavy atom. The number of hydrogen-bond donors (Lipinski definition) is 0. The molecule has 21 heavy (non-hydrogen) atoms. The van der Waals surface area contributed by atoms with Crippen LogP contribution in [0.25, 0.3) is 0 Å². The van der Waals surface area contributed by atoms with E-state index in [9.17, 15) is 0 Å². The lowest BCUT2D eigenvalue weighted by Gasteiger charge is -2.41. The Labute approximate surface area is 131 Å². The van der Waals surface area contributed by atoms with Gasteiger partial charge >= 0.3 is 0 Å². The van der Waals surface area contributed by atoms with Gasteiger partial charge in [-0.1, -0.05) is 28.9 Å². The second kappa shape index (κ2) is 5.98. The number of benzene rings is 1. The molecule has 0 saturated carbocycles. The SMILES string of the molecule is CON=C[C@H]1C2CC[C@H](C[C@@H]1c1ccc(Cl)c(C)c1)N2C. The molecule has 2 aliphatic rings. The van der Waals surface area contributed by atoms with Gasteiger partial charge in [0, 0.05) is 29.2 Å². The van der Waals surface area contributed by atoms with Gasteiger partial charge in [0.25, 0.3) is 0 Å². The van der Waals surface area contributed by atoms with E-state index in [2.05, 4.69) is 36.2 Å². The van der Waals surface area contributed by atoms with Crippen molar-refractivity contribution in [2.45, 2.75) is 44.2 Å². The van der Waals surface area contributed by atoms with Crippen LogP contribution in [-0.2, 0) is 4.84 Å². The zero-order valence-electron chi connectivity index (χ0n) is 12.9. The molecule has 0 N–H and O–H groups in total. The van der Waals surface area contributed by atoms with E-state index in [4.69, 9.17) is 16.4 Å². The second-order valence-electron chi connectivity index (χ2n) is 6.33. The van der Waals surface area contributed by atoms with Gasteiger partial charge in [0.2, 0.25) is 0 Å². The minimum absolute atomic E-state index is 0.411. The molecule has 1 unspecified atom stereocenters. The Morgan fingerprint density at radius 2 is 2.19 bits per heavy atom. The Kier molecular flexibility index (Phi) is 4.23. The molecule has 2 bridgehead atoms. The third-order valence-corrected chi connectivity index (χ3v) is 5.70. The number of hydrogen-bond acceptors (Lipinski definition) is 3. The molecule has 2 aliphatic heterocycles. The number of oxime groups is 1. The maximum Gasteiger partial charge on any atom is 0.106 e. The lowest BCUT2D eigenvalue weighted by molar-refractivity contribution is 0.131. The van der Waals surface area contributed by atoms with E-state index in [1.165, 1.54) is 24.8 Å². The van der Waals surface area contributed by atoms with Gasteiger partial charge in [0.15, 0.2) is 0 Å². The molecule has 0 radical (unpaired) electrons. The molecule has 2 saturated heterocycles. The number of nitrogens with zero attached hydrogens (tertiary/aromatic N) is 2. The summed E-state index contributed by atoms with van der Waals surface area (Å²) in [5, 5.41) is 4.93. The van der Waals surface area contributed by atoms with Gasteiger partial charge in [-0.25, -0.2) is 0 Å². The van der Waals surface area contributed by atoms with Crippen LogP contribution in [0.2, 0.25) is 5.02 Å². The highest BCUT2D eigenvalue weighted by atomic mass is 35.5. The van der Waals surface area contributed by atoms with E-state index in [1.54, 1.807) is 7.11 Å². The summed E-state index contributed by atoms with van der Waals surface area (Å²) >= 11 is 6.18. The summed E-state index contributed by atoms with van der Waals surface area (Å²) < 4.78 is 0. The Hall–Kier alpha value is -1.06. The minimum atomic E-state index is 0.411. The Bertz CT molecular complexity index is 546. The van der Waals surface area contributed by atoms with Gasteiger partial charge in [0.05, 0.1) is 0 Å². The van der Waals surface area contributed by atoms with Crippen LogP contribution in [0.3, 0.4) is 0 Å². The fraction of sp³-hybridized carbons (Fsp3) is 0.588. The first-order valence-corrected chi connectivity index (χ1v) is 8.04. The largest absolute Gasteiger partial charge is 0.399 e. The first kappa shape index (κ1) is 14.9. The van der Waals surface area contributed by atoms with Crippen molar-refractivity contribution in [2.75, 3.05) is 14.2 Å². The first-order valence-electron chi connectivity index (χ1n) is 7.66. The summed E-state index contributed by atoms with van der Waals surface area (Å²) in [6.07, 6.45) is 5.75. The van der Waals surface area contributed by atoms with Crippen molar-refractivity contribution >= 4 is 17.8 Å². The van der Waals surface area contributed by atoms with Gasteiger partial charge in [-0.15, -0.1) is 0 Å². The molecular formula is C17H23ClN2O. The monoisotopic (exact) mass is 306 g/mol. The van der Waals surface area contributed by atoms with Gasteiger partial charge in [0.1, 0.15) is 7.11 Å². The van der Waals surface area contributed by atoms with Crippen molar-refractivity contribution < 1.29 is 4.84 Å². The van der Waals surface area contributed by atoms with Gasteiger partial charge < -0.3 is 4.84 Å². The molecule has 0 spiro atoms. The van der Waals surface area contributed by atoms with E-state index < -0.39 is 0 Å². The smallest absolute Gasteiger partial charge is 0.106 e. The fourth-order valence-corrected chi connectivity index (χ4v) is 4.22. The van der Waals surface area contributed by atoms with Crippen LogP contribution in [0.4, 0.5) is 0 Å². The lowest BCUT2D eigenvalue weighted by Crippen LogP contribution is -2.46. The molecule has 0 aromatic heterocycles. The predicted molar refractivity (Wildman–Crippen MR) is 87.1 cm³/mol. The molecule has 1 aromatic carbocycles. The van der Waals surface area contributed by atoms with Gasteiger partial charge in [-0.05, 0) is 56.3 Å². The highest BCUT2D eigenvalue weighted by molar-refractivity contribution is 6.31. The minimum Gasteiger partial charge on any atom is -0.399 e. The van der Waals surface area contributed by atoms with Crippen LogP contribution in [0.5, 0.6) is 0 Å². The number of halogens is 1. The molecule has 2 fully saturated rings. The van der Waals surface area contributed by atoms with Crippen molar-refractivity contribution in [1.82, 2.24) is 4.90 Å². The van der Waals surface area contributed by atoms with E-state index in [-0.39, 0.29) is 0 Å². The molecule has 1 aromatic rings. The summed E-state index contributed by atoms with van der Waals surface area (Å²) in [6, 6.07) is 7.72. The third kappa shape index (κ3) is 2.69. The Morgan fingerprint density at radius 1 is 1.38 bits per heavy atom. The van der Waals surface area contributed by atoms with Crippen LogP contribution < -0.4 is 0 Å². The highest BCUT2D eigenvalue weighted by Crippen LogP contribution is 2.45. The molecule has 4 heteroatoms. The molecule has 3 rings (SSSR count). The zero-order valence-corrected chi connectivity index (χ0v) is 13.7. The summed E-state index contributed by atoms with van der Waals surface area (Å²) in [5.74, 6) is 0.919. The number of rotatable bonds is 3. The van der Waals surface area contributed by atoms with Crippen molar-refractivity contribution in [3.63, 3.8) is 0 Å². The quantitative estimate of drug-likeness (QED) is 0.626. The van der Waals surface area contributed by atoms with Crippen LogP contribution in [0.1, 0.15) is 36.3 Å². The summed E-state index contributed by atoms with van der Waals surface area (Å²) in [6.45, 7) is 2.08. The zero-order chi connectivity index (χ0) is 15.0. The van der Waals surface area contributed by atoms with E-state index in [1.807, 2.05) is 12.3 Å². The topological polar surface area (TPSA) is 24.8 Å². The lowest BCUT2D eigenvalue weighted by atomic mass is 9.76. The molecule has 4 atom stereocenters. The van der Waals surface area contributed by atoms with Crippen LogP contribution in [0.15, 0.2) is 23.4 Å². The van der Waals surface area contributed by atoms with Crippen molar-refractivity contribution in [2.24, 2.45) is 11.1 Å². The Balaban J connectivity index is 1.94. The standard InChI is InChI=1S/C17H23ClN2O/c1-11-8-12(4-6-16(11)18)14-9-13-5-7-17(20(13)2)15(14)10-19-21-3/h4,6,8,10,13-15,17H,5,7,9H2,1-3H3/t13-,14-,15-,17?/m1/s1. The predicted octanol–water partition coefficient (Wildman–Crippen LogP) is 3.85. The molecule has 0 aliphatic carbocycles. The summed E-state index contributed by atoms with van der Waals surface area (Å²) in [7, 11) is 3.86. The molecule has 114 valence electrons. The van der Waals surface area contributed by atoms with Crippen molar-refractivity contribution in [3.8, 4) is 0 Å². The fourth-order valence-electron chi connectivity index (χ4n) is 4.10. The molecule has 2 heterocycles. The van der Waals surface area contributed by atoms with Crippen LogP contribution >= 0.6 is 11.6 Å². The molecule has 0 amide bonds. The number of aryl methyl sites for hydroxylation is 1. The molecule has 3 nitrogen and oxygen atoms in total. The maximum atomic E-state index is 6.18. The third-order valence-electron chi connectivity index (χ3n) is 5.28. The van der Waals surface area contributed by atoms with Crippen LogP contribution in [-0.4, -0.2) is 37.4 Å². The van der Waals surface area contributed by atoms with E-state index in [0.717, 1.165) is 10.6 Å². The average Bonchev–Trinajstić information content (AvgIpc) is 2.72. The van der Waals surface area contributed by atoms with Gasteiger partial charge in [-0.2, -0.15) is 0 Å². The van der Waals surface area contributed by atoms with Crippen LogP contribution in [0, 0.1) is 12.8 Å². The first-order chi connectivity index (χ1) is 10.1. The summed E-state index contributed by atoms with van der Waals surface area (Å²) in [5.41, 5.74) is 2.54. The number of fused-ring (bicyclic) bond motifs is 2. The van der Waals surface area contributed by atoms with E-state index >= 15 is 0 Å². The highest BCUT2D eigenvalue weighted by Gasteiger charge is 2.45. The molecular weight excluding hydrogens is 284 g/mol. The number of piperidine rings is 1. The average molecular weight is 307 g/mol. The van der Waals surface area contributed by atoms with Gasteiger partial charge in [-0.3, -0.25) is 4.90 Å². The second-order valence-corrected chi connectivity index (χ2v) is 6.74. The normalized spacial score (nSPS) is 32.8. The van der Waals surface area contributed by atoms with E-state index in [0.29, 0.717) is 23.9 Å². The van der Waals surface area contributed by atoms with Crippen molar-refractivity contribution in [1.29, 1.82) is 0 Å². The maximum absolute atomic E-state index is 6.18. The summed E-state index contributed by atoms with van der Waals surface area (Å²) in [4.78, 5) is 7.48.